The topological polar surface area (TPSA) is 0 Å². The first-order valence-corrected chi connectivity index (χ1v) is 23.4. The van der Waals surface area contributed by atoms with Gasteiger partial charge in [-0.2, -0.15) is 0 Å². The molecule has 3 aliphatic rings. The largest absolute Gasteiger partial charge is 0.0833 e. The Bertz CT molecular complexity index is 3560. The van der Waals surface area contributed by atoms with Crippen LogP contribution in [-0.4, -0.2) is 0 Å². The normalized spacial score (nSPS) is 16.0. The van der Waals surface area contributed by atoms with Crippen molar-refractivity contribution in [3.05, 3.63) is 198 Å². The van der Waals surface area contributed by atoms with Crippen LogP contribution in [0.3, 0.4) is 0 Å². The smallest absolute Gasteiger partial charge is 0.0159 e. The van der Waals surface area contributed by atoms with Gasteiger partial charge in [0.2, 0.25) is 0 Å². The maximum absolute atomic E-state index is 2.59. The van der Waals surface area contributed by atoms with Crippen molar-refractivity contribution in [2.45, 2.75) is 51.4 Å². The molecule has 9 aromatic carbocycles. The molecular weight excluding hydrogens is 752 g/mol. The summed E-state index contributed by atoms with van der Waals surface area (Å²) in [6.07, 6.45) is 9.51. The van der Waals surface area contributed by atoms with Crippen molar-refractivity contribution in [2.24, 2.45) is 0 Å². The number of rotatable bonds is 3. The lowest BCUT2D eigenvalue weighted by Crippen LogP contribution is -2.15. The average Bonchev–Trinajstić information content (AvgIpc) is 3.84. The summed E-state index contributed by atoms with van der Waals surface area (Å²) in [7, 11) is -0.576. The molecule has 0 radical (unpaired) electrons. The quantitative estimate of drug-likeness (QED) is 0.156. The van der Waals surface area contributed by atoms with Gasteiger partial charge in [0.05, 0.1) is 0 Å². The SMILES string of the molecule is CC1(C)c2ccccc2-c2c1ccc1c(-c3c4ccccc4c(-c4ccc5c(c4)c4ccccc4p5C4=CCCC=C4)c4ccccc34)cc3c(c21)-c1ccccc1C3(C)C. The molecule has 290 valence electrons. The van der Waals surface area contributed by atoms with Crippen LogP contribution in [0.2, 0.25) is 0 Å². The third-order valence-electron chi connectivity index (χ3n) is 14.8. The zero-order valence-electron chi connectivity index (χ0n) is 35.1. The van der Waals surface area contributed by atoms with Crippen molar-refractivity contribution >= 4 is 66.2 Å². The van der Waals surface area contributed by atoms with Gasteiger partial charge in [0.25, 0.3) is 0 Å². The van der Waals surface area contributed by atoms with E-state index in [-0.39, 0.29) is 10.8 Å². The molecule has 0 N–H and O–H groups in total. The van der Waals surface area contributed by atoms with Crippen LogP contribution in [0.25, 0.3) is 103 Å². The molecule has 1 atom stereocenters. The minimum atomic E-state index is -0.576. The minimum absolute atomic E-state index is 0.0979. The van der Waals surface area contributed by atoms with Gasteiger partial charge in [-0.1, -0.05) is 193 Å². The fourth-order valence-electron chi connectivity index (χ4n) is 12.0. The molecular formula is C60H45P. The van der Waals surface area contributed by atoms with Gasteiger partial charge >= 0.3 is 0 Å². The van der Waals surface area contributed by atoms with Crippen molar-refractivity contribution in [3.8, 4) is 44.5 Å². The van der Waals surface area contributed by atoms with Crippen LogP contribution >= 0.6 is 7.53 Å². The number of allylic oxidation sites excluding steroid dienone is 4. The highest BCUT2D eigenvalue weighted by Gasteiger charge is 2.42. The van der Waals surface area contributed by atoms with E-state index in [1.165, 1.54) is 125 Å². The van der Waals surface area contributed by atoms with Crippen LogP contribution < -0.4 is 0 Å². The Morgan fingerprint density at radius 2 is 0.951 bits per heavy atom. The molecule has 0 fully saturated rings. The van der Waals surface area contributed by atoms with Gasteiger partial charge in [0, 0.05) is 21.1 Å². The van der Waals surface area contributed by atoms with Crippen LogP contribution in [0.5, 0.6) is 0 Å². The van der Waals surface area contributed by atoms with Crippen LogP contribution in [0, 0.1) is 0 Å². The first-order valence-electron chi connectivity index (χ1n) is 22.0. The molecule has 1 aromatic heterocycles. The molecule has 3 aliphatic carbocycles. The van der Waals surface area contributed by atoms with E-state index < -0.39 is 7.53 Å². The van der Waals surface area contributed by atoms with Gasteiger partial charge in [0.1, 0.15) is 0 Å². The number of benzene rings is 9. The van der Waals surface area contributed by atoms with Crippen LogP contribution in [0.1, 0.15) is 62.8 Å². The molecule has 0 saturated carbocycles. The summed E-state index contributed by atoms with van der Waals surface area (Å²) in [4.78, 5) is 0. The second-order valence-electron chi connectivity index (χ2n) is 18.6. The van der Waals surface area contributed by atoms with E-state index in [1.54, 1.807) is 0 Å². The Morgan fingerprint density at radius 3 is 1.61 bits per heavy atom. The van der Waals surface area contributed by atoms with E-state index in [9.17, 15) is 0 Å². The number of fused-ring (bicyclic) bond motifs is 14. The summed E-state index contributed by atoms with van der Waals surface area (Å²) in [5.41, 5.74) is 16.2. The lowest BCUT2D eigenvalue weighted by atomic mass is 9.77. The first-order chi connectivity index (χ1) is 29.8. The van der Waals surface area contributed by atoms with Crippen molar-refractivity contribution in [3.63, 3.8) is 0 Å². The molecule has 0 spiro atoms. The van der Waals surface area contributed by atoms with E-state index >= 15 is 0 Å². The molecule has 61 heavy (non-hydrogen) atoms. The monoisotopic (exact) mass is 796 g/mol. The van der Waals surface area contributed by atoms with Crippen LogP contribution in [0.15, 0.2) is 176 Å². The number of hydrogen-bond acceptors (Lipinski definition) is 0. The van der Waals surface area contributed by atoms with Crippen molar-refractivity contribution in [2.75, 3.05) is 0 Å². The Kier molecular flexibility index (Phi) is 7.26. The van der Waals surface area contributed by atoms with E-state index in [0.29, 0.717) is 0 Å². The van der Waals surface area contributed by atoms with Gasteiger partial charge in [0.15, 0.2) is 0 Å². The summed E-state index contributed by atoms with van der Waals surface area (Å²) in [6.45, 7) is 9.70. The Balaban J connectivity index is 1.15. The summed E-state index contributed by atoms with van der Waals surface area (Å²) in [6, 6.07) is 60.9. The van der Waals surface area contributed by atoms with E-state index in [0.717, 1.165) is 12.8 Å². The molecule has 13 rings (SSSR count). The van der Waals surface area contributed by atoms with Crippen molar-refractivity contribution in [1.29, 1.82) is 0 Å². The second kappa shape index (κ2) is 12.5. The molecule has 0 aliphatic heterocycles. The van der Waals surface area contributed by atoms with Gasteiger partial charge in [-0.25, -0.2) is 0 Å². The summed E-state index contributed by atoms with van der Waals surface area (Å²) in [5, 5.41) is 15.2. The summed E-state index contributed by atoms with van der Waals surface area (Å²) in [5.74, 6) is 0. The summed E-state index contributed by atoms with van der Waals surface area (Å²) >= 11 is 0. The lowest BCUT2D eigenvalue weighted by molar-refractivity contribution is 0.660. The highest BCUT2D eigenvalue weighted by Crippen LogP contribution is 2.61. The maximum atomic E-state index is 2.59. The lowest BCUT2D eigenvalue weighted by Gasteiger charge is -2.26. The van der Waals surface area contributed by atoms with Crippen LogP contribution in [0.4, 0.5) is 0 Å². The molecule has 0 bridgehead atoms. The van der Waals surface area contributed by atoms with Crippen molar-refractivity contribution in [1.82, 2.24) is 0 Å². The first kappa shape index (κ1) is 35.3. The molecule has 1 heterocycles. The number of hydrogen-bond donors (Lipinski definition) is 0. The molecule has 10 aromatic rings. The zero-order chi connectivity index (χ0) is 40.8. The fourth-order valence-corrected chi connectivity index (χ4v) is 14.7. The predicted octanol–water partition coefficient (Wildman–Crippen LogP) is 17.6. The Hall–Kier alpha value is -6.46. The maximum Gasteiger partial charge on any atom is 0.0159 e. The molecule has 0 amide bonds. The van der Waals surface area contributed by atoms with E-state index in [2.05, 4.69) is 204 Å². The third-order valence-corrected chi connectivity index (χ3v) is 17.4. The standard InChI is InChI=1S/C60H45P/c1-59(2)48-27-15-12-25-44(48)56-50(59)32-31-43-47(35-51-57(58(43)56)45-26-13-16-28-49(45)60(51,3)4)55-41-23-10-8-21-39(41)54(40-22-9-11-24-42(40)55)36-30-33-53-46(34-36)38-20-14-17-29-52(38)61(53)37-18-6-5-7-19-37/h6,8-35H,5,7H2,1-4H3. The Morgan fingerprint density at radius 1 is 0.393 bits per heavy atom. The molecule has 0 nitrogen and oxygen atoms in total. The van der Waals surface area contributed by atoms with Gasteiger partial charge in [-0.3, -0.25) is 0 Å². The predicted molar refractivity (Wildman–Crippen MR) is 265 cm³/mol. The zero-order valence-corrected chi connectivity index (χ0v) is 36.0. The van der Waals surface area contributed by atoms with E-state index in [1.807, 2.05) is 0 Å². The Labute approximate surface area is 358 Å². The third kappa shape index (κ3) is 4.67. The van der Waals surface area contributed by atoms with Crippen LogP contribution in [-0.2, 0) is 10.8 Å². The van der Waals surface area contributed by atoms with Gasteiger partial charge in [-0.05, 0) is 146 Å². The highest BCUT2D eigenvalue weighted by molar-refractivity contribution is 7.71. The van der Waals surface area contributed by atoms with E-state index in [4.69, 9.17) is 0 Å². The van der Waals surface area contributed by atoms with Gasteiger partial charge < -0.3 is 0 Å². The van der Waals surface area contributed by atoms with Crippen molar-refractivity contribution < 1.29 is 0 Å². The summed E-state index contributed by atoms with van der Waals surface area (Å²) < 4.78 is 0. The average molecular weight is 797 g/mol. The molecule has 1 heteroatoms. The highest BCUT2D eigenvalue weighted by atomic mass is 31.1. The fraction of sp³-hybridized carbons (Fsp3) is 0.133. The van der Waals surface area contributed by atoms with Gasteiger partial charge in [-0.15, -0.1) is 0 Å². The minimum Gasteiger partial charge on any atom is -0.0833 e. The molecule has 1 unspecified atom stereocenters. The second-order valence-corrected chi connectivity index (χ2v) is 20.8. The molecule has 0 saturated heterocycles.